The minimum atomic E-state index is 0.367. The van der Waals surface area contributed by atoms with E-state index in [-0.39, 0.29) is 0 Å². The number of nitrogens with one attached hydrogen (secondary N) is 1. The van der Waals surface area contributed by atoms with E-state index in [4.69, 9.17) is 22.7 Å². The molecule has 6 heteroatoms. The van der Waals surface area contributed by atoms with Crippen LogP contribution in [0.15, 0.2) is 24.4 Å². The average molecular weight is 302 g/mol. The quantitative estimate of drug-likeness (QED) is 0.668. The monoisotopic (exact) mass is 302 g/mol. The fraction of sp³-hybridized carbons (Fsp3) is 0.267. The zero-order valence-electron chi connectivity index (χ0n) is 12.3. The lowest BCUT2D eigenvalue weighted by atomic mass is 10.2. The van der Waals surface area contributed by atoms with Crippen molar-refractivity contribution in [3.63, 3.8) is 0 Å². The van der Waals surface area contributed by atoms with Crippen LogP contribution in [0.5, 0.6) is 0 Å². The molecule has 21 heavy (non-hydrogen) atoms. The summed E-state index contributed by atoms with van der Waals surface area (Å²) in [6.45, 7) is 6.20. The van der Waals surface area contributed by atoms with Crippen molar-refractivity contribution in [2.75, 3.05) is 17.7 Å². The van der Waals surface area contributed by atoms with E-state index >= 15 is 0 Å². The molecule has 0 saturated heterocycles. The number of thiocarbonyl (C=S) groups is 1. The molecule has 0 aliphatic carbocycles. The second-order valence-electron chi connectivity index (χ2n) is 4.62. The summed E-state index contributed by atoms with van der Waals surface area (Å²) in [7, 11) is 0. The fourth-order valence-corrected chi connectivity index (χ4v) is 2.10. The molecule has 0 spiro atoms. The van der Waals surface area contributed by atoms with Gasteiger partial charge in [0.2, 0.25) is 0 Å². The van der Waals surface area contributed by atoms with Crippen LogP contribution in [0.25, 0.3) is 0 Å². The van der Waals surface area contributed by atoms with E-state index in [1.54, 1.807) is 6.20 Å². The number of hydrogen-bond donors (Lipinski definition) is 2. The van der Waals surface area contributed by atoms with E-state index in [0.717, 1.165) is 11.3 Å². The van der Waals surface area contributed by atoms with Gasteiger partial charge < -0.3 is 15.8 Å². The van der Waals surface area contributed by atoms with Crippen molar-refractivity contribution in [2.24, 2.45) is 0 Å². The van der Waals surface area contributed by atoms with Crippen LogP contribution in [-0.4, -0.2) is 21.6 Å². The van der Waals surface area contributed by atoms with Gasteiger partial charge in [-0.3, -0.25) is 0 Å². The highest BCUT2D eigenvalue weighted by molar-refractivity contribution is 7.80. The van der Waals surface area contributed by atoms with Gasteiger partial charge in [0, 0.05) is 6.20 Å². The minimum absolute atomic E-state index is 0.367. The molecule has 1 aromatic heterocycles. The maximum atomic E-state index is 5.99. The summed E-state index contributed by atoms with van der Waals surface area (Å²) >= 11 is 5.25. The molecule has 0 radical (unpaired) electrons. The molecule has 0 amide bonds. The van der Waals surface area contributed by atoms with Crippen LogP contribution >= 0.6 is 12.2 Å². The van der Waals surface area contributed by atoms with E-state index in [9.17, 15) is 0 Å². The molecule has 0 atom stereocenters. The predicted molar refractivity (Wildman–Crippen MR) is 89.0 cm³/mol. The molecule has 0 aliphatic heterocycles. The Labute approximate surface area is 129 Å². The second-order valence-corrected chi connectivity index (χ2v) is 4.99. The van der Waals surface area contributed by atoms with Gasteiger partial charge in [-0.25, -0.2) is 9.97 Å². The maximum Gasteiger partial charge on any atom is 0.196 e. The van der Waals surface area contributed by atoms with Crippen molar-refractivity contribution in [1.82, 2.24) is 9.97 Å². The highest BCUT2D eigenvalue weighted by Gasteiger charge is 2.13. The molecule has 5 nitrogen and oxygen atoms in total. The smallest absolute Gasteiger partial charge is 0.196 e. The van der Waals surface area contributed by atoms with Gasteiger partial charge in [0.15, 0.2) is 5.05 Å². The van der Waals surface area contributed by atoms with Gasteiger partial charge in [-0.1, -0.05) is 6.07 Å². The standard InChI is InChI=1S/C15H18N4OS/c1-4-20-15(21)11-8-17-10(3)18-14(11)19-13-7-9(2)5-6-12(13)16/h5-8H,4,16H2,1-3H3,(H,17,18,19). The number of nitrogens with zero attached hydrogens (tertiary/aromatic N) is 2. The van der Waals surface area contributed by atoms with Crippen LogP contribution < -0.4 is 11.1 Å². The molecule has 110 valence electrons. The Bertz CT molecular complexity index is 673. The molecule has 0 unspecified atom stereocenters. The third kappa shape index (κ3) is 3.66. The first kappa shape index (κ1) is 15.2. The number of rotatable bonds is 4. The minimum Gasteiger partial charge on any atom is -0.483 e. The first-order valence-corrected chi connectivity index (χ1v) is 7.06. The van der Waals surface area contributed by atoms with Crippen molar-refractivity contribution in [1.29, 1.82) is 0 Å². The molecule has 3 N–H and O–H groups in total. The second kappa shape index (κ2) is 6.49. The number of aryl methyl sites for hydroxylation is 2. The number of aromatic nitrogens is 2. The number of ether oxygens (including phenoxy) is 1. The number of hydrogen-bond acceptors (Lipinski definition) is 6. The zero-order valence-corrected chi connectivity index (χ0v) is 13.1. The first-order chi connectivity index (χ1) is 10.0. The van der Waals surface area contributed by atoms with E-state index in [0.29, 0.717) is 34.6 Å². The number of nitrogen functional groups attached to an aromatic ring is 1. The number of benzene rings is 1. The first-order valence-electron chi connectivity index (χ1n) is 6.65. The average Bonchev–Trinajstić information content (AvgIpc) is 2.43. The SMILES string of the molecule is CCOC(=S)c1cnc(C)nc1Nc1cc(C)ccc1N. The van der Waals surface area contributed by atoms with Crippen molar-refractivity contribution >= 4 is 34.5 Å². The van der Waals surface area contributed by atoms with Crippen LogP contribution in [0, 0.1) is 13.8 Å². The number of nitrogens with two attached hydrogens (primary N) is 1. The van der Waals surface area contributed by atoms with Gasteiger partial charge in [-0.15, -0.1) is 0 Å². The van der Waals surface area contributed by atoms with E-state index < -0.39 is 0 Å². The van der Waals surface area contributed by atoms with Crippen LogP contribution in [0.1, 0.15) is 23.9 Å². The van der Waals surface area contributed by atoms with Gasteiger partial charge >= 0.3 is 0 Å². The summed E-state index contributed by atoms with van der Waals surface area (Å²) in [5.74, 6) is 1.24. The zero-order chi connectivity index (χ0) is 15.4. The lowest BCUT2D eigenvalue weighted by Crippen LogP contribution is -2.10. The van der Waals surface area contributed by atoms with Crippen LogP contribution in [0.3, 0.4) is 0 Å². The molecule has 0 saturated carbocycles. The Morgan fingerprint density at radius 1 is 1.38 bits per heavy atom. The van der Waals surface area contributed by atoms with Crippen LogP contribution in [0.4, 0.5) is 17.2 Å². The van der Waals surface area contributed by atoms with Crippen molar-refractivity contribution in [3.05, 3.63) is 41.3 Å². The normalized spacial score (nSPS) is 10.2. The summed E-state index contributed by atoms with van der Waals surface area (Å²) in [6, 6.07) is 5.77. The van der Waals surface area contributed by atoms with Crippen LogP contribution in [-0.2, 0) is 4.74 Å². The summed E-state index contributed by atoms with van der Waals surface area (Å²) in [6.07, 6.45) is 1.66. The summed E-state index contributed by atoms with van der Waals surface area (Å²) in [4.78, 5) is 8.57. The Balaban J connectivity index is 2.40. The molecule has 1 aromatic carbocycles. The molecular formula is C15H18N4OS. The Morgan fingerprint density at radius 2 is 2.14 bits per heavy atom. The lowest BCUT2D eigenvalue weighted by molar-refractivity contribution is 0.337. The van der Waals surface area contributed by atoms with Crippen LogP contribution in [0.2, 0.25) is 0 Å². The topological polar surface area (TPSA) is 73.1 Å². The molecular weight excluding hydrogens is 284 g/mol. The molecule has 0 aliphatic rings. The summed E-state index contributed by atoms with van der Waals surface area (Å²) in [5.41, 5.74) is 9.17. The lowest BCUT2D eigenvalue weighted by Gasteiger charge is -2.14. The highest BCUT2D eigenvalue weighted by Crippen LogP contribution is 2.25. The fourth-order valence-electron chi connectivity index (χ4n) is 1.83. The molecule has 0 bridgehead atoms. The van der Waals surface area contributed by atoms with E-state index in [1.165, 1.54) is 0 Å². The third-order valence-corrected chi connectivity index (χ3v) is 3.20. The van der Waals surface area contributed by atoms with Gasteiger partial charge in [-0.05, 0) is 50.7 Å². The molecule has 1 heterocycles. The third-order valence-electron chi connectivity index (χ3n) is 2.87. The molecule has 0 fully saturated rings. The largest absolute Gasteiger partial charge is 0.483 e. The van der Waals surface area contributed by atoms with Gasteiger partial charge in [0.25, 0.3) is 0 Å². The maximum absolute atomic E-state index is 5.99. The van der Waals surface area contributed by atoms with Gasteiger partial charge in [-0.2, -0.15) is 0 Å². The summed E-state index contributed by atoms with van der Waals surface area (Å²) in [5, 5.41) is 3.59. The Morgan fingerprint density at radius 3 is 2.86 bits per heavy atom. The Kier molecular flexibility index (Phi) is 4.70. The predicted octanol–water partition coefficient (Wildman–Crippen LogP) is 3.13. The molecule has 2 rings (SSSR count). The van der Waals surface area contributed by atoms with Crippen molar-refractivity contribution in [3.8, 4) is 0 Å². The summed E-state index contributed by atoms with van der Waals surface area (Å²) < 4.78 is 5.38. The van der Waals surface area contributed by atoms with Crippen molar-refractivity contribution in [2.45, 2.75) is 20.8 Å². The number of anilines is 3. The molecule has 2 aromatic rings. The van der Waals surface area contributed by atoms with Gasteiger partial charge in [0.05, 0.1) is 23.5 Å². The van der Waals surface area contributed by atoms with E-state index in [1.807, 2.05) is 39.0 Å². The highest BCUT2D eigenvalue weighted by atomic mass is 32.1. The van der Waals surface area contributed by atoms with Gasteiger partial charge in [0.1, 0.15) is 11.6 Å². The van der Waals surface area contributed by atoms with E-state index in [2.05, 4.69) is 15.3 Å². The van der Waals surface area contributed by atoms with Crippen molar-refractivity contribution < 1.29 is 4.74 Å². The Hall–Kier alpha value is -2.21.